The Labute approximate surface area is 145 Å². The van der Waals surface area contributed by atoms with Crippen LogP contribution < -0.4 is 5.32 Å². The SMILES string of the molecule is CCN=C(N(C)C)N1CCC(NC(=O)OC(C)(C)C)C1.I. The first-order valence-electron chi connectivity index (χ1n) is 7.19. The van der Waals surface area contributed by atoms with Crippen molar-refractivity contribution in [1.29, 1.82) is 0 Å². The summed E-state index contributed by atoms with van der Waals surface area (Å²) in [6.07, 6.45) is 0.568. The Morgan fingerprint density at radius 3 is 2.52 bits per heavy atom. The Bertz CT molecular complexity index is 366. The third-order valence-corrected chi connectivity index (χ3v) is 2.89. The normalized spacial score (nSPS) is 19.0. The lowest BCUT2D eigenvalue weighted by Crippen LogP contribution is -2.43. The van der Waals surface area contributed by atoms with Gasteiger partial charge in [0, 0.05) is 33.7 Å². The maximum atomic E-state index is 11.8. The van der Waals surface area contributed by atoms with Crippen LogP contribution in [0.1, 0.15) is 34.1 Å². The number of likely N-dealkylation sites (tertiary alicyclic amines) is 1. The van der Waals surface area contributed by atoms with Crippen molar-refractivity contribution in [3.05, 3.63) is 0 Å². The van der Waals surface area contributed by atoms with Crippen molar-refractivity contribution >= 4 is 36.0 Å². The quantitative estimate of drug-likeness (QED) is 0.429. The van der Waals surface area contributed by atoms with Gasteiger partial charge in [0.2, 0.25) is 0 Å². The van der Waals surface area contributed by atoms with Crippen LogP contribution in [0.3, 0.4) is 0 Å². The van der Waals surface area contributed by atoms with Gasteiger partial charge < -0.3 is 19.9 Å². The number of aliphatic imine (C=N–C) groups is 1. The van der Waals surface area contributed by atoms with E-state index >= 15 is 0 Å². The van der Waals surface area contributed by atoms with Gasteiger partial charge in [-0.05, 0) is 34.1 Å². The molecule has 0 aliphatic carbocycles. The number of nitrogens with one attached hydrogen (secondary N) is 1. The molecule has 1 heterocycles. The van der Waals surface area contributed by atoms with Crippen molar-refractivity contribution < 1.29 is 9.53 Å². The predicted octanol–water partition coefficient (Wildman–Crippen LogP) is 2.14. The van der Waals surface area contributed by atoms with Gasteiger partial charge in [0.25, 0.3) is 0 Å². The van der Waals surface area contributed by atoms with Crippen molar-refractivity contribution in [1.82, 2.24) is 15.1 Å². The fraction of sp³-hybridized carbons (Fsp3) is 0.857. The molecule has 6 nitrogen and oxygen atoms in total. The highest BCUT2D eigenvalue weighted by Gasteiger charge is 2.28. The average Bonchev–Trinajstić information content (AvgIpc) is 2.70. The van der Waals surface area contributed by atoms with Gasteiger partial charge in [-0.1, -0.05) is 0 Å². The second-order valence-electron chi connectivity index (χ2n) is 6.25. The minimum Gasteiger partial charge on any atom is -0.444 e. The van der Waals surface area contributed by atoms with Crippen molar-refractivity contribution in [3.63, 3.8) is 0 Å². The zero-order valence-corrected chi connectivity index (χ0v) is 16.3. The van der Waals surface area contributed by atoms with Gasteiger partial charge >= 0.3 is 6.09 Å². The fourth-order valence-corrected chi connectivity index (χ4v) is 2.20. The van der Waals surface area contributed by atoms with E-state index in [9.17, 15) is 4.79 Å². The minimum absolute atomic E-state index is 0. The number of alkyl carbamates (subject to hydrolysis) is 1. The molecule has 1 aliphatic heterocycles. The fourth-order valence-electron chi connectivity index (χ4n) is 2.20. The lowest BCUT2D eigenvalue weighted by atomic mass is 10.2. The summed E-state index contributed by atoms with van der Waals surface area (Å²) in [5.74, 6) is 0.973. The molecule has 21 heavy (non-hydrogen) atoms. The lowest BCUT2D eigenvalue weighted by molar-refractivity contribution is 0.0507. The second-order valence-corrected chi connectivity index (χ2v) is 6.25. The molecule has 0 radical (unpaired) electrons. The predicted molar refractivity (Wildman–Crippen MR) is 96.4 cm³/mol. The first-order valence-corrected chi connectivity index (χ1v) is 7.19. The van der Waals surface area contributed by atoms with Crippen molar-refractivity contribution in [2.75, 3.05) is 33.7 Å². The molecular formula is C14H29IN4O2. The molecular weight excluding hydrogens is 383 g/mol. The summed E-state index contributed by atoms with van der Waals surface area (Å²) in [7, 11) is 3.98. The van der Waals surface area contributed by atoms with Gasteiger partial charge in [-0.15, -0.1) is 24.0 Å². The zero-order valence-electron chi connectivity index (χ0n) is 14.0. The molecule has 124 valence electrons. The first kappa shape index (κ1) is 20.3. The van der Waals surface area contributed by atoms with E-state index < -0.39 is 5.60 Å². The molecule has 0 aromatic rings. The van der Waals surface area contributed by atoms with Crippen LogP contribution in [0.25, 0.3) is 0 Å². The number of carbonyl (C=O) groups excluding carboxylic acids is 1. The van der Waals surface area contributed by atoms with Crippen LogP contribution >= 0.6 is 24.0 Å². The molecule has 1 N–H and O–H groups in total. The largest absolute Gasteiger partial charge is 0.444 e. The maximum Gasteiger partial charge on any atom is 0.407 e. The average molecular weight is 412 g/mol. The Hall–Kier alpha value is -0.730. The number of nitrogens with zero attached hydrogens (tertiary/aromatic N) is 3. The zero-order chi connectivity index (χ0) is 15.3. The van der Waals surface area contributed by atoms with Gasteiger partial charge in [-0.3, -0.25) is 4.99 Å². The summed E-state index contributed by atoms with van der Waals surface area (Å²) in [4.78, 5) is 20.5. The monoisotopic (exact) mass is 412 g/mol. The van der Waals surface area contributed by atoms with Gasteiger partial charge in [0.15, 0.2) is 5.96 Å². The highest BCUT2D eigenvalue weighted by Crippen LogP contribution is 2.13. The molecule has 1 aliphatic rings. The molecule has 0 aromatic carbocycles. The van der Waals surface area contributed by atoms with Gasteiger partial charge in [-0.25, -0.2) is 4.79 Å². The third kappa shape index (κ3) is 7.19. The van der Waals surface area contributed by atoms with E-state index in [1.165, 1.54) is 0 Å². The highest BCUT2D eigenvalue weighted by atomic mass is 127. The van der Waals surface area contributed by atoms with Crippen LogP contribution in [0.2, 0.25) is 0 Å². The number of rotatable bonds is 2. The molecule has 0 bridgehead atoms. The summed E-state index contributed by atoms with van der Waals surface area (Å²) in [5, 5.41) is 2.92. The van der Waals surface area contributed by atoms with Crippen molar-refractivity contribution in [2.24, 2.45) is 4.99 Å². The summed E-state index contributed by atoms with van der Waals surface area (Å²) in [6, 6.07) is 0.117. The minimum atomic E-state index is -0.457. The summed E-state index contributed by atoms with van der Waals surface area (Å²) in [5.41, 5.74) is -0.457. The molecule has 1 rings (SSSR count). The molecule has 0 aromatic heterocycles. The number of guanidine groups is 1. The summed E-state index contributed by atoms with van der Waals surface area (Å²) < 4.78 is 5.28. The maximum absolute atomic E-state index is 11.8. The van der Waals surface area contributed by atoms with E-state index in [-0.39, 0.29) is 36.1 Å². The Morgan fingerprint density at radius 2 is 2.05 bits per heavy atom. The van der Waals surface area contributed by atoms with E-state index in [0.29, 0.717) is 0 Å². The van der Waals surface area contributed by atoms with Gasteiger partial charge in [-0.2, -0.15) is 0 Å². The number of hydrogen-bond acceptors (Lipinski definition) is 3. The lowest BCUT2D eigenvalue weighted by Gasteiger charge is -2.26. The number of carbonyl (C=O) groups is 1. The van der Waals surface area contributed by atoms with Gasteiger partial charge in [0.05, 0.1) is 6.04 Å². The number of hydrogen-bond donors (Lipinski definition) is 1. The molecule has 1 unspecified atom stereocenters. The first-order chi connectivity index (χ1) is 9.23. The standard InChI is InChI=1S/C14H28N4O2.HI/c1-7-15-12(17(5)6)18-9-8-11(10-18)16-13(19)20-14(2,3)4;/h11H,7-10H2,1-6H3,(H,16,19);1H. The Morgan fingerprint density at radius 1 is 1.43 bits per heavy atom. The molecule has 1 saturated heterocycles. The summed E-state index contributed by atoms with van der Waals surface area (Å²) in [6.45, 7) is 10.1. The number of ether oxygens (including phenoxy) is 1. The van der Waals surface area contributed by atoms with Crippen molar-refractivity contribution in [3.8, 4) is 0 Å². The Balaban J connectivity index is 0.00000400. The molecule has 1 fully saturated rings. The Kier molecular flexibility index (Phi) is 8.35. The number of halogens is 1. The molecule has 0 saturated carbocycles. The molecule has 0 spiro atoms. The van der Waals surface area contributed by atoms with E-state index in [2.05, 4.69) is 15.2 Å². The molecule has 1 amide bonds. The van der Waals surface area contributed by atoms with Crippen LogP contribution in [-0.4, -0.2) is 67.2 Å². The van der Waals surface area contributed by atoms with Crippen LogP contribution in [0.15, 0.2) is 4.99 Å². The van der Waals surface area contributed by atoms with E-state index in [1.807, 2.05) is 46.7 Å². The molecule has 7 heteroatoms. The van der Waals surface area contributed by atoms with Crippen LogP contribution in [-0.2, 0) is 4.74 Å². The van der Waals surface area contributed by atoms with Crippen LogP contribution in [0.4, 0.5) is 4.79 Å². The van der Waals surface area contributed by atoms with E-state index in [0.717, 1.165) is 32.0 Å². The summed E-state index contributed by atoms with van der Waals surface area (Å²) >= 11 is 0. The second kappa shape index (κ2) is 8.65. The third-order valence-electron chi connectivity index (χ3n) is 2.89. The van der Waals surface area contributed by atoms with Crippen molar-refractivity contribution in [2.45, 2.75) is 45.8 Å². The smallest absolute Gasteiger partial charge is 0.407 e. The topological polar surface area (TPSA) is 57.2 Å². The van der Waals surface area contributed by atoms with E-state index in [1.54, 1.807) is 0 Å². The van der Waals surface area contributed by atoms with Gasteiger partial charge in [0.1, 0.15) is 5.60 Å². The van der Waals surface area contributed by atoms with E-state index in [4.69, 9.17) is 4.74 Å². The number of amides is 1. The van der Waals surface area contributed by atoms with Crippen LogP contribution in [0, 0.1) is 0 Å². The highest BCUT2D eigenvalue weighted by molar-refractivity contribution is 14.0. The van der Waals surface area contributed by atoms with Crippen LogP contribution in [0.5, 0.6) is 0 Å². The molecule has 1 atom stereocenters.